The summed E-state index contributed by atoms with van der Waals surface area (Å²) in [7, 11) is 0. The molecular formula is C23H21FN4O2. The van der Waals surface area contributed by atoms with E-state index in [4.69, 9.17) is 9.15 Å². The van der Waals surface area contributed by atoms with Gasteiger partial charge >= 0.3 is 0 Å². The average molecular weight is 404 g/mol. The number of furan rings is 1. The Morgan fingerprint density at radius 3 is 2.83 bits per heavy atom. The fourth-order valence-electron chi connectivity index (χ4n) is 3.97. The van der Waals surface area contributed by atoms with E-state index in [1.54, 1.807) is 24.9 Å². The largest absolute Gasteiger partial charge is 0.464 e. The van der Waals surface area contributed by atoms with Gasteiger partial charge in [0, 0.05) is 18.3 Å². The molecule has 4 heterocycles. The minimum Gasteiger partial charge on any atom is -0.464 e. The van der Waals surface area contributed by atoms with Crippen LogP contribution < -0.4 is 9.64 Å². The maximum atomic E-state index is 13.8. The summed E-state index contributed by atoms with van der Waals surface area (Å²) in [6, 6.07) is 9.51. The normalized spacial score (nSPS) is 16.4. The molecule has 0 bridgehead atoms. The molecule has 1 fully saturated rings. The van der Waals surface area contributed by atoms with Gasteiger partial charge in [-0.1, -0.05) is 6.07 Å². The molecule has 0 spiro atoms. The fraction of sp³-hybridized carbons (Fsp3) is 0.261. The molecule has 0 saturated carbocycles. The highest BCUT2D eigenvalue weighted by atomic mass is 19.1. The number of halogens is 1. The summed E-state index contributed by atoms with van der Waals surface area (Å²) >= 11 is 0. The minimum atomic E-state index is -0.817. The number of anilines is 1. The third kappa shape index (κ3) is 3.26. The summed E-state index contributed by atoms with van der Waals surface area (Å²) in [6.45, 7) is 5.00. The maximum absolute atomic E-state index is 13.8. The molecule has 1 aromatic carbocycles. The Balaban J connectivity index is 1.51. The first-order valence-corrected chi connectivity index (χ1v) is 9.92. The van der Waals surface area contributed by atoms with E-state index in [1.807, 2.05) is 43.0 Å². The maximum Gasteiger partial charge on any atom is 0.230 e. The summed E-state index contributed by atoms with van der Waals surface area (Å²) in [5.74, 6) is 1.96. The fourth-order valence-corrected chi connectivity index (χ4v) is 3.97. The number of nitrogens with zero attached hydrogens (tertiary/aromatic N) is 4. The van der Waals surface area contributed by atoms with Crippen molar-refractivity contribution in [3.05, 3.63) is 60.4 Å². The number of ether oxygens (including phenoxy) is 1. The average Bonchev–Trinajstić information content (AvgIpc) is 3.38. The molecule has 3 aromatic heterocycles. The number of aromatic nitrogens is 3. The van der Waals surface area contributed by atoms with Gasteiger partial charge in [0.25, 0.3) is 0 Å². The van der Waals surface area contributed by atoms with Crippen LogP contribution in [0.25, 0.3) is 22.1 Å². The van der Waals surface area contributed by atoms with E-state index in [0.717, 1.165) is 39.2 Å². The zero-order valence-corrected chi connectivity index (χ0v) is 16.8. The van der Waals surface area contributed by atoms with Gasteiger partial charge in [0.1, 0.15) is 29.6 Å². The van der Waals surface area contributed by atoms with Crippen LogP contribution in [0, 0.1) is 13.8 Å². The van der Waals surface area contributed by atoms with E-state index < -0.39 is 6.17 Å². The van der Waals surface area contributed by atoms with Crippen molar-refractivity contribution in [1.82, 2.24) is 15.0 Å². The highest BCUT2D eigenvalue weighted by molar-refractivity contribution is 5.83. The second-order valence-electron chi connectivity index (χ2n) is 7.52. The number of alkyl halides is 1. The number of hydrogen-bond donors (Lipinski definition) is 0. The first-order valence-electron chi connectivity index (χ1n) is 9.92. The number of aryl methyl sites for hydroxylation is 2. The van der Waals surface area contributed by atoms with E-state index >= 15 is 0 Å². The lowest BCUT2D eigenvalue weighted by Gasteiger charge is -2.22. The monoisotopic (exact) mass is 404 g/mol. The highest BCUT2D eigenvalue weighted by Gasteiger charge is 2.26. The number of benzene rings is 1. The molecule has 6 nitrogen and oxygen atoms in total. The molecule has 0 aliphatic carbocycles. The molecule has 4 aromatic rings. The lowest BCUT2D eigenvalue weighted by atomic mass is 9.99. The SMILES string of the molecule is Cc1cc(Oc2nccc3occc23)ccc1-c1c(C)ncnc1N1CCC(F)C1. The van der Waals surface area contributed by atoms with Gasteiger partial charge in [-0.15, -0.1) is 0 Å². The van der Waals surface area contributed by atoms with Gasteiger partial charge in [-0.05, 0) is 55.7 Å². The second kappa shape index (κ2) is 7.40. The van der Waals surface area contributed by atoms with Crippen molar-refractivity contribution in [3.8, 4) is 22.8 Å². The van der Waals surface area contributed by atoms with Crippen LogP contribution in [0.15, 0.2) is 53.5 Å². The molecule has 0 radical (unpaired) electrons. The summed E-state index contributed by atoms with van der Waals surface area (Å²) in [5.41, 5.74) is 4.55. The standard InChI is InChI=1S/C23H21FN4O2/c1-14-11-17(30-23-19-7-10-29-20(19)5-8-25-23)3-4-18(14)21-15(2)26-13-27-22(21)28-9-6-16(24)12-28/h3-5,7-8,10-11,13,16H,6,9,12H2,1-2H3. The zero-order valence-electron chi connectivity index (χ0n) is 16.8. The molecule has 152 valence electrons. The van der Waals surface area contributed by atoms with E-state index in [-0.39, 0.29) is 0 Å². The topological polar surface area (TPSA) is 64.3 Å². The van der Waals surface area contributed by atoms with Crippen molar-refractivity contribution in [3.63, 3.8) is 0 Å². The lowest BCUT2D eigenvalue weighted by Crippen LogP contribution is -2.22. The predicted octanol–water partition coefficient (Wildman–Crippen LogP) is 5.24. The zero-order chi connectivity index (χ0) is 20.7. The molecule has 30 heavy (non-hydrogen) atoms. The number of fused-ring (bicyclic) bond motifs is 1. The van der Waals surface area contributed by atoms with E-state index in [9.17, 15) is 4.39 Å². The van der Waals surface area contributed by atoms with E-state index in [1.165, 1.54) is 0 Å². The van der Waals surface area contributed by atoms with Crippen LogP contribution in [0.5, 0.6) is 11.6 Å². The minimum absolute atomic E-state index is 0.365. The Morgan fingerprint density at radius 2 is 2.03 bits per heavy atom. The van der Waals surface area contributed by atoms with Crippen molar-refractivity contribution in [2.45, 2.75) is 26.4 Å². The van der Waals surface area contributed by atoms with Crippen molar-refractivity contribution >= 4 is 16.8 Å². The van der Waals surface area contributed by atoms with E-state index in [0.29, 0.717) is 31.1 Å². The van der Waals surface area contributed by atoms with Crippen molar-refractivity contribution in [2.24, 2.45) is 0 Å². The molecule has 7 heteroatoms. The van der Waals surface area contributed by atoms with Gasteiger partial charge in [0.2, 0.25) is 5.88 Å². The third-order valence-electron chi connectivity index (χ3n) is 5.47. The summed E-state index contributed by atoms with van der Waals surface area (Å²) in [6.07, 6.45) is 4.54. The molecule has 1 aliphatic heterocycles. The summed E-state index contributed by atoms with van der Waals surface area (Å²) in [4.78, 5) is 15.2. The Bertz CT molecular complexity index is 1220. The number of pyridine rings is 1. The van der Waals surface area contributed by atoms with Crippen LogP contribution in [0.3, 0.4) is 0 Å². The molecular weight excluding hydrogens is 383 g/mol. The van der Waals surface area contributed by atoms with Crippen molar-refractivity contribution < 1.29 is 13.5 Å². The first-order chi connectivity index (χ1) is 14.6. The van der Waals surface area contributed by atoms with Crippen molar-refractivity contribution in [1.29, 1.82) is 0 Å². The molecule has 1 unspecified atom stereocenters. The van der Waals surface area contributed by atoms with Gasteiger partial charge in [-0.25, -0.2) is 19.3 Å². The molecule has 1 aliphatic rings. The molecule has 5 rings (SSSR count). The van der Waals surface area contributed by atoms with Gasteiger partial charge in [-0.3, -0.25) is 0 Å². The molecule has 0 amide bonds. The van der Waals surface area contributed by atoms with Gasteiger partial charge in [0.15, 0.2) is 0 Å². The Labute approximate surface area is 173 Å². The Hall–Kier alpha value is -3.48. The van der Waals surface area contributed by atoms with Crippen LogP contribution in [0.1, 0.15) is 17.7 Å². The second-order valence-corrected chi connectivity index (χ2v) is 7.52. The van der Waals surface area contributed by atoms with Gasteiger partial charge < -0.3 is 14.1 Å². The Kier molecular flexibility index (Phi) is 4.58. The quantitative estimate of drug-likeness (QED) is 0.463. The van der Waals surface area contributed by atoms with Crippen molar-refractivity contribution in [2.75, 3.05) is 18.0 Å². The van der Waals surface area contributed by atoms with E-state index in [2.05, 4.69) is 15.0 Å². The smallest absolute Gasteiger partial charge is 0.230 e. The number of hydrogen-bond acceptors (Lipinski definition) is 6. The highest BCUT2D eigenvalue weighted by Crippen LogP contribution is 2.37. The molecule has 0 N–H and O–H groups in total. The van der Waals surface area contributed by atoms with Crippen LogP contribution in [-0.4, -0.2) is 34.2 Å². The number of rotatable bonds is 4. The van der Waals surface area contributed by atoms with Gasteiger partial charge in [0.05, 0.1) is 23.9 Å². The molecule has 1 atom stereocenters. The third-order valence-corrected chi connectivity index (χ3v) is 5.47. The predicted molar refractivity (Wildman–Crippen MR) is 113 cm³/mol. The molecule has 1 saturated heterocycles. The van der Waals surface area contributed by atoms with Crippen LogP contribution in [0.2, 0.25) is 0 Å². The lowest BCUT2D eigenvalue weighted by molar-refractivity contribution is 0.364. The summed E-state index contributed by atoms with van der Waals surface area (Å²) in [5, 5.41) is 0.823. The van der Waals surface area contributed by atoms with Crippen LogP contribution in [0.4, 0.5) is 10.2 Å². The van der Waals surface area contributed by atoms with Crippen LogP contribution >= 0.6 is 0 Å². The summed E-state index contributed by atoms with van der Waals surface area (Å²) < 4.78 is 25.3. The van der Waals surface area contributed by atoms with Gasteiger partial charge in [-0.2, -0.15) is 0 Å². The Morgan fingerprint density at radius 1 is 1.13 bits per heavy atom. The first kappa shape index (κ1) is 18.5. The van der Waals surface area contributed by atoms with Crippen LogP contribution in [-0.2, 0) is 0 Å².